The van der Waals surface area contributed by atoms with Crippen molar-refractivity contribution in [2.75, 3.05) is 18.8 Å². The van der Waals surface area contributed by atoms with Crippen LogP contribution in [-0.2, 0) is 10.0 Å². The summed E-state index contributed by atoms with van der Waals surface area (Å²) < 4.78 is 35.6. The van der Waals surface area contributed by atoms with Crippen LogP contribution < -0.4 is 10.9 Å². The average Bonchev–Trinajstić information content (AvgIpc) is 2.78. The van der Waals surface area contributed by atoms with Crippen LogP contribution in [0.25, 0.3) is 0 Å². The zero-order valence-electron chi connectivity index (χ0n) is 8.77. The van der Waals surface area contributed by atoms with Gasteiger partial charge in [0.25, 0.3) is 10.0 Å². The molecular formula is C7H14FN3O3S2. The highest BCUT2D eigenvalue weighted by Crippen LogP contribution is 2.22. The maximum atomic E-state index is 12.0. The highest BCUT2D eigenvalue weighted by atomic mass is 32.3. The number of urea groups is 1. The summed E-state index contributed by atoms with van der Waals surface area (Å²) in [4.78, 5) is 11.1. The van der Waals surface area contributed by atoms with Crippen LogP contribution in [0.3, 0.4) is 0 Å². The number of rotatable bonds is 4. The molecule has 1 saturated heterocycles. The first-order chi connectivity index (χ1) is 7.54. The number of amides is 2. The van der Waals surface area contributed by atoms with Gasteiger partial charge in [0.15, 0.2) is 4.71 Å². The van der Waals surface area contributed by atoms with Crippen LogP contribution in [0, 0.1) is 0 Å². The molecule has 6 nitrogen and oxygen atoms in total. The molecule has 1 fully saturated rings. The zero-order valence-corrected chi connectivity index (χ0v) is 10.4. The second kappa shape index (κ2) is 5.69. The van der Waals surface area contributed by atoms with E-state index in [1.54, 1.807) is 6.92 Å². The van der Waals surface area contributed by atoms with E-state index < -0.39 is 20.8 Å². The second-order valence-corrected chi connectivity index (χ2v) is 6.63. The van der Waals surface area contributed by atoms with E-state index in [9.17, 15) is 17.7 Å². The molecule has 0 aliphatic carbocycles. The van der Waals surface area contributed by atoms with Crippen molar-refractivity contribution in [2.45, 2.75) is 18.1 Å². The standard InChI is InChI=1S/C7H14FN3O3S2/c1-2-4-11(6(12)10-8)16(13,14)7-9-3-5-15-7/h7,9H,2-5H2,1H3,(H,10,12). The maximum Gasteiger partial charge on any atom is 0.359 e. The maximum absolute atomic E-state index is 12.0. The molecule has 0 radical (unpaired) electrons. The average molecular weight is 271 g/mol. The number of hydrogen-bond acceptors (Lipinski definition) is 5. The van der Waals surface area contributed by atoms with E-state index in [-0.39, 0.29) is 6.54 Å². The predicted octanol–water partition coefficient (Wildman–Crippen LogP) is 0.242. The Morgan fingerprint density at radius 1 is 1.69 bits per heavy atom. The molecule has 1 atom stereocenters. The Hall–Kier alpha value is -0.540. The third-order valence-electron chi connectivity index (χ3n) is 1.99. The third-order valence-corrected chi connectivity index (χ3v) is 5.71. The first kappa shape index (κ1) is 13.5. The molecule has 1 aliphatic heterocycles. The third kappa shape index (κ3) is 2.77. The van der Waals surface area contributed by atoms with Crippen LogP contribution in [0.15, 0.2) is 0 Å². The predicted molar refractivity (Wildman–Crippen MR) is 59.8 cm³/mol. The van der Waals surface area contributed by atoms with Crippen molar-refractivity contribution >= 4 is 27.8 Å². The lowest BCUT2D eigenvalue weighted by molar-refractivity contribution is 0.198. The van der Waals surface area contributed by atoms with Gasteiger partial charge < -0.3 is 0 Å². The lowest BCUT2D eigenvalue weighted by Crippen LogP contribution is -2.47. The fourth-order valence-corrected chi connectivity index (χ4v) is 4.54. The molecule has 1 aliphatic rings. The van der Waals surface area contributed by atoms with Gasteiger partial charge in [0.2, 0.25) is 0 Å². The van der Waals surface area contributed by atoms with Gasteiger partial charge in [-0.15, -0.1) is 11.8 Å². The Labute approximate surface area is 97.9 Å². The molecule has 9 heteroatoms. The molecule has 0 spiro atoms. The monoisotopic (exact) mass is 271 g/mol. The molecule has 2 amide bonds. The second-order valence-electron chi connectivity index (χ2n) is 3.17. The van der Waals surface area contributed by atoms with E-state index >= 15 is 0 Å². The molecule has 0 aromatic carbocycles. The van der Waals surface area contributed by atoms with Crippen molar-refractivity contribution in [2.24, 2.45) is 0 Å². The van der Waals surface area contributed by atoms with Gasteiger partial charge >= 0.3 is 6.03 Å². The van der Waals surface area contributed by atoms with Gasteiger partial charge in [0, 0.05) is 18.8 Å². The number of nitrogens with one attached hydrogen (secondary N) is 2. The van der Waals surface area contributed by atoms with E-state index in [0.717, 1.165) is 5.54 Å². The molecule has 0 bridgehead atoms. The van der Waals surface area contributed by atoms with Crippen molar-refractivity contribution in [3.63, 3.8) is 0 Å². The van der Waals surface area contributed by atoms with Crippen LogP contribution in [0.4, 0.5) is 9.28 Å². The van der Waals surface area contributed by atoms with Gasteiger partial charge in [0.1, 0.15) is 0 Å². The van der Waals surface area contributed by atoms with Gasteiger partial charge in [-0.1, -0.05) is 11.4 Å². The summed E-state index contributed by atoms with van der Waals surface area (Å²) in [6, 6.07) is -1.24. The van der Waals surface area contributed by atoms with E-state index in [1.165, 1.54) is 11.8 Å². The minimum absolute atomic E-state index is 0.0309. The first-order valence-electron chi connectivity index (χ1n) is 4.81. The highest BCUT2D eigenvalue weighted by molar-refractivity contribution is 8.13. The number of sulfonamides is 1. The van der Waals surface area contributed by atoms with Crippen molar-refractivity contribution in [3.05, 3.63) is 0 Å². The molecule has 0 aromatic rings. The normalized spacial score (nSPS) is 20.8. The van der Waals surface area contributed by atoms with E-state index in [2.05, 4.69) is 5.32 Å². The summed E-state index contributed by atoms with van der Waals surface area (Å²) in [7, 11) is -3.84. The smallest absolute Gasteiger partial charge is 0.290 e. The molecule has 0 aromatic heterocycles. The van der Waals surface area contributed by atoms with E-state index in [4.69, 9.17) is 0 Å². The largest absolute Gasteiger partial charge is 0.359 e. The Morgan fingerprint density at radius 3 is 2.81 bits per heavy atom. The van der Waals surface area contributed by atoms with Crippen molar-refractivity contribution in [1.29, 1.82) is 0 Å². The van der Waals surface area contributed by atoms with Gasteiger partial charge in [-0.2, -0.15) is 5.54 Å². The number of halogens is 1. The van der Waals surface area contributed by atoms with Crippen molar-refractivity contribution < 1.29 is 17.7 Å². The lowest BCUT2D eigenvalue weighted by atomic mass is 10.5. The quantitative estimate of drug-likeness (QED) is 0.716. The summed E-state index contributed by atoms with van der Waals surface area (Å²) in [5.74, 6) is 0.654. The van der Waals surface area contributed by atoms with Crippen LogP contribution >= 0.6 is 11.8 Å². The summed E-state index contributed by atoms with van der Waals surface area (Å²) in [6.45, 7) is 2.24. The van der Waals surface area contributed by atoms with Gasteiger partial charge in [-0.25, -0.2) is 17.5 Å². The number of thioether (sulfide) groups is 1. The molecule has 1 unspecified atom stereocenters. The molecule has 94 valence electrons. The topological polar surface area (TPSA) is 78.5 Å². The van der Waals surface area contributed by atoms with E-state index in [1.807, 2.05) is 0 Å². The van der Waals surface area contributed by atoms with Crippen LogP contribution in [0.2, 0.25) is 0 Å². The molecule has 0 saturated carbocycles. The number of carbonyl (C=O) groups excluding carboxylic acids is 1. The minimum Gasteiger partial charge on any atom is -0.290 e. The van der Waals surface area contributed by atoms with Gasteiger partial charge in [-0.3, -0.25) is 5.32 Å². The summed E-state index contributed by atoms with van der Waals surface area (Å²) in [6.07, 6.45) is 0.435. The summed E-state index contributed by atoms with van der Waals surface area (Å²) >= 11 is 1.19. The number of hydrogen-bond donors (Lipinski definition) is 2. The van der Waals surface area contributed by atoms with Crippen molar-refractivity contribution in [1.82, 2.24) is 15.2 Å². The van der Waals surface area contributed by atoms with Crippen LogP contribution in [0.1, 0.15) is 13.3 Å². The van der Waals surface area contributed by atoms with Gasteiger partial charge in [0.05, 0.1) is 0 Å². The first-order valence-corrected chi connectivity index (χ1v) is 7.36. The number of carbonyl (C=O) groups is 1. The summed E-state index contributed by atoms with van der Waals surface area (Å²) in [5, 5.41) is 2.75. The summed E-state index contributed by atoms with van der Waals surface area (Å²) in [5.41, 5.74) is 0.850. The lowest BCUT2D eigenvalue weighted by Gasteiger charge is -2.23. The fourth-order valence-electron chi connectivity index (χ4n) is 1.30. The molecular weight excluding hydrogens is 257 g/mol. The van der Waals surface area contributed by atoms with Crippen molar-refractivity contribution in [3.8, 4) is 0 Å². The zero-order chi connectivity index (χ0) is 12.2. The van der Waals surface area contributed by atoms with Gasteiger partial charge in [-0.05, 0) is 6.42 Å². The molecule has 1 heterocycles. The Balaban J connectivity index is 2.87. The number of nitrogens with zero attached hydrogens (tertiary/aromatic N) is 1. The SMILES string of the molecule is CCCN(C(=O)NF)S(=O)(=O)C1NCCS1. The molecule has 16 heavy (non-hydrogen) atoms. The van der Waals surface area contributed by atoms with Crippen LogP contribution in [-0.4, -0.2) is 42.3 Å². The Morgan fingerprint density at radius 2 is 2.38 bits per heavy atom. The highest BCUT2D eigenvalue weighted by Gasteiger charge is 2.37. The Kier molecular flexibility index (Phi) is 4.81. The minimum atomic E-state index is -3.84. The molecule has 2 N–H and O–H groups in total. The fraction of sp³-hybridized carbons (Fsp3) is 0.857. The van der Waals surface area contributed by atoms with Crippen LogP contribution in [0.5, 0.6) is 0 Å². The van der Waals surface area contributed by atoms with E-state index in [0.29, 0.717) is 23.0 Å². The molecule has 1 rings (SSSR count). The Bertz CT molecular complexity index is 343.